The fourth-order valence-corrected chi connectivity index (χ4v) is 2.26. The standard InChI is InChI=1S/C12H22O2/c1-4-5-10(8-13)6-11-7-12(2,3)14-9-11/h4,10-11,13H,1,5-9H2,2-3H3. The molecule has 1 N–H and O–H groups in total. The lowest BCUT2D eigenvalue weighted by Gasteiger charge is -2.18. The lowest BCUT2D eigenvalue weighted by atomic mass is 9.88. The number of rotatable bonds is 5. The average molecular weight is 198 g/mol. The van der Waals surface area contributed by atoms with Crippen LogP contribution in [-0.2, 0) is 4.74 Å². The van der Waals surface area contributed by atoms with Crippen molar-refractivity contribution >= 4 is 0 Å². The highest BCUT2D eigenvalue weighted by atomic mass is 16.5. The summed E-state index contributed by atoms with van der Waals surface area (Å²) >= 11 is 0. The van der Waals surface area contributed by atoms with Gasteiger partial charge in [0, 0.05) is 6.61 Å². The van der Waals surface area contributed by atoms with Crippen LogP contribution in [0.5, 0.6) is 0 Å². The second-order valence-electron chi connectivity index (χ2n) is 4.95. The third-order valence-corrected chi connectivity index (χ3v) is 2.91. The molecule has 1 fully saturated rings. The zero-order valence-electron chi connectivity index (χ0n) is 9.33. The van der Waals surface area contributed by atoms with E-state index < -0.39 is 0 Å². The number of hydrogen-bond donors (Lipinski definition) is 1. The van der Waals surface area contributed by atoms with Crippen LogP contribution in [0, 0.1) is 11.8 Å². The Hall–Kier alpha value is -0.340. The molecule has 2 atom stereocenters. The summed E-state index contributed by atoms with van der Waals surface area (Å²) < 4.78 is 5.67. The predicted molar refractivity (Wildman–Crippen MR) is 58.1 cm³/mol. The van der Waals surface area contributed by atoms with E-state index in [-0.39, 0.29) is 12.2 Å². The van der Waals surface area contributed by atoms with E-state index in [1.165, 1.54) is 0 Å². The molecule has 1 rings (SSSR count). The molecule has 0 aromatic heterocycles. The van der Waals surface area contributed by atoms with Gasteiger partial charge in [-0.2, -0.15) is 0 Å². The van der Waals surface area contributed by atoms with Crippen molar-refractivity contribution in [3.05, 3.63) is 12.7 Å². The molecule has 0 aromatic rings. The van der Waals surface area contributed by atoms with Crippen molar-refractivity contribution in [1.82, 2.24) is 0 Å². The first kappa shape index (κ1) is 11.7. The van der Waals surface area contributed by atoms with Gasteiger partial charge in [-0.25, -0.2) is 0 Å². The first-order valence-electron chi connectivity index (χ1n) is 5.43. The Morgan fingerprint density at radius 1 is 1.64 bits per heavy atom. The molecule has 1 aliphatic heterocycles. The van der Waals surface area contributed by atoms with Crippen molar-refractivity contribution in [1.29, 1.82) is 0 Å². The van der Waals surface area contributed by atoms with Gasteiger partial charge in [0.1, 0.15) is 0 Å². The van der Waals surface area contributed by atoms with Crippen LogP contribution < -0.4 is 0 Å². The summed E-state index contributed by atoms with van der Waals surface area (Å²) in [5.41, 5.74) is 0.0405. The summed E-state index contributed by atoms with van der Waals surface area (Å²) in [7, 11) is 0. The van der Waals surface area contributed by atoms with Gasteiger partial charge >= 0.3 is 0 Å². The molecule has 1 aliphatic rings. The molecule has 1 heterocycles. The molecule has 2 heteroatoms. The number of ether oxygens (including phenoxy) is 1. The molecule has 1 saturated heterocycles. The number of aliphatic hydroxyl groups excluding tert-OH is 1. The number of hydrogen-bond acceptors (Lipinski definition) is 2. The van der Waals surface area contributed by atoms with Crippen LogP contribution in [0.15, 0.2) is 12.7 Å². The van der Waals surface area contributed by atoms with E-state index in [9.17, 15) is 0 Å². The van der Waals surface area contributed by atoms with Crippen LogP contribution in [0.2, 0.25) is 0 Å². The third-order valence-electron chi connectivity index (χ3n) is 2.91. The van der Waals surface area contributed by atoms with E-state index in [4.69, 9.17) is 9.84 Å². The topological polar surface area (TPSA) is 29.5 Å². The first-order valence-corrected chi connectivity index (χ1v) is 5.43. The summed E-state index contributed by atoms with van der Waals surface area (Å²) in [6.45, 7) is 9.09. The quantitative estimate of drug-likeness (QED) is 0.687. The van der Waals surface area contributed by atoms with Crippen LogP contribution in [-0.4, -0.2) is 23.9 Å². The highest BCUT2D eigenvalue weighted by molar-refractivity contribution is 4.83. The fourth-order valence-electron chi connectivity index (χ4n) is 2.26. The van der Waals surface area contributed by atoms with Crippen LogP contribution in [0.3, 0.4) is 0 Å². The maximum absolute atomic E-state index is 9.16. The van der Waals surface area contributed by atoms with Gasteiger partial charge < -0.3 is 9.84 Å². The minimum Gasteiger partial charge on any atom is -0.396 e. The van der Waals surface area contributed by atoms with E-state index in [0.717, 1.165) is 25.9 Å². The lowest BCUT2D eigenvalue weighted by Crippen LogP contribution is -2.17. The van der Waals surface area contributed by atoms with Crippen molar-refractivity contribution in [2.45, 2.75) is 38.7 Å². The number of allylic oxidation sites excluding steroid dienone is 1. The first-order chi connectivity index (χ1) is 6.57. The largest absolute Gasteiger partial charge is 0.396 e. The van der Waals surface area contributed by atoms with E-state index >= 15 is 0 Å². The molecule has 0 saturated carbocycles. The minimum atomic E-state index is 0.0405. The number of aliphatic hydroxyl groups is 1. The monoisotopic (exact) mass is 198 g/mol. The van der Waals surface area contributed by atoms with Gasteiger partial charge in [0.15, 0.2) is 0 Å². The van der Waals surface area contributed by atoms with Gasteiger partial charge in [0.25, 0.3) is 0 Å². The van der Waals surface area contributed by atoms with Crippen LogP contribution >= 0.6 is 0 Å². The molecule has 2 nitrogen and oxygen atoms in total. The van der Waals surface area contributed by atoms with Gasteiger partial charge in [-0.05, 0) is 44.9 Å². The molecule has 0 aliphatic carbocycles. The fraction of sp³-hybridized carbons (Fsp3) is 0.833. The average Bonchev–Trinajstić information content (AvgIpc) is 2.45. The Morgan fingerprint density at radius 3 is 2.79 bits per heavy atom. The smallest absolute Gasteiger partial charge is 0.0630 e. The summed E-state index contributed by atoms with van der Waals surface area (Å²) in [4.78, 5) is 0. The highest BCUT2D eigenvalue weighted by Crippen LogP contribution is 2.33. The highest BCUT2D eigenvalue weighted by Gasteiger charge is 2.32. The summed E-state index contributed by atoms with van der Waals surface area (Å²) in [6, 6.07) is 0. The van der Waals surface area contributed by atoms with Crippen molar-refractivity contribution in [2.75, 3.05) is 13.2 Å². The Bertz CT molecular complexity index is 187. The van der Waals surface area contributed by atoms with E-state index in [1.54, 1.807) is 0 Å². The molecule has 82 valence electrons. The molecule has 0 spiro atoms. The summed E-state index contributed by atoms with van der Waals surface area (Å²) in [6.07, 6.45) is 4.97. The van der Waals surface area contributed by atoms with Gasteiger partial charge in [0.2, 0.25) is 0 Å². The molecule has 0 aromatic carbocycles. The van der Waals surface area contributed by atoms with E-state index in [2.05, 4.69) is 20.4 Å². The minimum absolute atomic E-state index is 0.0405. The van der Waals surface area contributed by atoms with Gasteiger partial charge in [-0.1, -0.05) is 6.08 Å². The SMILES string of the molecule is C=CCC(CO)CC1COC(C)(C)C1. The Kier molecular flexibility index (Phi) is 4.14. The third kappa shape index (κ3) is 3.43. The summed E-state index contributed by atoms with van der Waals surface area (Å²) in [5.74, 6) is 0.983. The van der Waals surface area contributed by atoms with Crippen molar-refractivity contribution in [3.63, 3.8) is 0 Å². The molecular weight excluding hydrogens is 176 g/mol. The normalized spacial score (nSPS) is 27.5. The van der Waals surface area contributed by atoms with Gasteiger partial charge in [-0.15, -0.1) is 6.58 Å². The molecule has 14 heavy (non-hydrogen) atoms. The van der Waals surface area contributed by atoms with E-state index in [1.807, 2.05) is 6.08 Å². The Morgan fingerprint density at radius 2 is 2.36 bits per heavy atom. The van der Waals surface area contributed by atoms with Gasteiger partial charge in [-0.3, -0.25) is 0 Å². The zero-order chi connectivity index (χ0) is 10.6. The molecule has 2 unspecified atom stereocenters. The Labute approximate surface area is 87.0 Å². The summed E-state index contributed by atoms with van der Waals surface area (Å²) in [5, 5.41) is 9.16. The molecular formula is C12H22O2. The maximum Gasteiger partial charge on any atom is 0.0630 e. The van der Waals surface area contributed by atoms with Crippen LogP contribution in [0.1, 0.15) is 33.1 Å². The van der Waals surface area contributed by atoms with Crippen molar-refractivity contribution in [2.24, 2.45) is 11.8 Å². The second kappa shape index (κ2) is 4.94. The van der Waals surface area contributed by atoms with Crippen LogP contribution in [0.25, 0.3) is 0 Å². The maximum atomic E-state index is 9.16. The second-order valence-corrected chi connectivity index (χ2v) is 4.95. The molecule has 0 radical (unpaired) electrons. The lowest BCUT2D eigenvalue weighted by molar-refractivity contribution is 0.0343. The van der Waals surface area contributed by atoms with Crippen molar-refractivity contribution in [3.8, 4) is 0 Å². The predicted octanol–water partition coefficient (Wildman–Crippen LogP) is 2.38. The van der Waals surface area contributed by atoms with Gasteiger partial charge in [0.05, 0.1) is 12.2 Å². The Balaban J connectivity index is 2.33. The van der Waals surface area contributed by atoms with E-state index in [0.29, 0.717) is 11.8 Å². The van der Waals surface area contributed by atoms with Crippen molar-refractivity contribution < 1.29 is 9.84 Å². The van der Waals surface area contributed by atoms with Crippen LogP contribution in [0.4, 0.5) is 0 Å². The molecule has 0 amide bonds. The molecule has 0 bridgehead atoms. The zero-order valence-corrected chi connectivity index (χ0v) is 9.33.